The van der Waals surface area contributed by atoms with Crippen LogP contribution in [0.3, 0.4) is 0 Å². The molecule has 29 heavy (non-hydrogen) atoms. The molecule has 0 saturated carbocycles. The van der Waals surface area contributed by atoms with Crippen LogP contribution in [0, 0.1) is 6.92 Å². The highest BCUT2D eigenvalue weighted by Crippen LogP contribution is 2.13. The Bertz CT molecular complexity index is 888. The molecular weight excluding hydrogens is 368 g/mol. The predicted octanol–water partition coefficient (Wildman–Crippen LogP) is 3.67. The summed E-state index contributed by atoms with van der Waals surface area (Å²) < 4.78 is 4.66. The summed E-state index contributed by atoms with van der Waals surface area (Å²) in [5, 5.41) is 2.85. The van der Waals surface area contributed by atoms with Crippen LogP contribution in [0.25, 0.3) is 6.08 Å². The molecule has 1 N–H and O–H groups in total. The summed E-state index contributed by atoms with van der Waals surface area (Å²) in [6.07, 6.45) is 3.83. The third-order valence-corrected chi connectivity index (χ3v) is 4.31. The van der Waals surface area contributed by atoms with E-state index in [2.05, 4.69) is 10.1 Å². The van der Waals surface area contributed by atoms with Gasteiger partial charge < -0.3 is 15.0 Å². The predicted molar refractivity (Wildman–Crippen MR) is 113 cm³/mol. The van der Waals surface area contributed by atoms with Crippen LogP contribution < -0.4 is 5.32 Å². The quantitative estimate of drug-likeness (QED) is 0.547. The normalized spacial score (nSPS) is 10.6. The molecule has 0 aliphatic rings. The van der Waals surface area contributed by atoms with Crippen molar-refractivity contribution in [3.05, 3.63) is 71.3 Å². The number of para-hydroxylation sites is 1. The number of rotatable bonds is 8. The second-order valence-electron chi connectivity index (χ2n) is 6.57. The molecule has 0 heterocycles. The van der Waals surface area contributed by atoms with E-state index in [4.69, 9.17) is 0 Å². The van der Waals surface area contributed by atoms with E-state index in [0.29, 0.717) is 12.1 Å². The Morgan fingerprint density at radius 3 is 2.38 bits per heavy atom. The van der Waals surface area contributed by atoms with Gasteiger partial charge in [0.05, 0.1) is 12.7 Å². The highest BCUT2D eigenvalue weighted by molar-refractivity contribution is 5.98. The Kier molecular flexibility index (Phi) is 8.15. The van der Waals surface area contributed by atoms with Crippen molar-refractivity contribution in [3.63, 3.8) is 0 Å². The van der Waals surface area contributed by atoms with Crippen LogP contribution in [0.4, 0.5) is 5.69 Å². The molecule has 0 aromatic heterocycles. The van der Waals surface area contributed by atoms with Gasteiger partial charge in [0, 0.05) is 18.3 Å². The van der Waals surface area contributed by atoms with Gasteiger partial charge in [-0.1, -0.05) is 37.3 Å². The summed E-state index contributed by atoms with van der Waals surface area (Å²) in [5.41, 5.74) is 2.91. The molecule has 2 aromatic carbocycles. The molecule has 0 saturated heterocycles. The SMILES string of the molecule is CCCN(CC(=O)Nc1ccccc1C)C(=O)/C=C/c1ccc(C(=O)OC)cc1. The fraction of sp³-hybridized carbons (Fsp3) is 0.261. The maximum absolute atomic E-state index is 12.6. The summed E-state index contributed by atoms with van der Waals surface area (Å²) in [5.74, 6) is -0.897. The Morgan fingerprint density at radius 2 is 1.76 bits per heavy atom. The van der Waals surface area contributed by atoms with Crippen molar-refractivity contribution in [1.82, 2.24) is 4.90 Å². The number of benzene rings is 2. The molecule has 0 aliphatic carbocycles. The standard InChI is InChI=1S/C23H26N2O4/c1-4-15-25(16-21(26)24-20-8-6-5-7-17(20)2)22(27)14-11-18-9-12-19(13-10-18)23(28)29-3/h5-14H,4,15-16H2,1-3H3,(H,24,26)/b14-11+. The maximum atomic E-state index is 12.6. The fourth-order valence-electron chi connectivity index (χ4n) is 2.73. The van der Waals surface area contributed by atoms with Crippen LogP contribution >= 0.6 is 0 Å². The van der Waals surface area contributed by atoms with Crippen LogP contribution in [0.15, 0.2) is 54.6 Å². The van der Waals surface area contributed by atoms with Gasteiger partial charge in [0.2, 0.25) is 11.8 Å². The highest BCUT2D eigenvalue weighted by Gasteiger charge is 2.15. The zero-order chi connectivity index (χ0) is 21.2. The Morgan fingerprint density at radius 1 is 1.07 bits per heavy atom. The van der Waals surface area contributed by atoms with Gasteiger partial charge in [-0.15, -0.1) is 0 Å². The largest absolute Gasteiger partial charge is 0.465 e. The van der Waals surface area contributed by atoms with Gasteiger partial charge in [0.25, 0.3) is 0 Å². The summed E-state index contributed by atoms with van der Waals surface area (Å²) >= 11 is 0. The lowest BCUT2D eigenvalue weighted by Gasteiger charge is -2.20. The lowest BCUT2D eigenvalue weighted by atomic mass is 10.1. The van der Waals surface area contributed by atoms with Crippen molar-refractivity contribution in [2.24, 2.45) is 0 Å². The van der Waals surface area contributed by atoms with Crippen molar-refractivity contribution < 1.29 is 19.1 Å². The molecule has 0 atom stereocenters. The number of ether oxygens (including phenoxy) is 1. The van der Waals surface area contributed by atoms with Crippen molar-refractivity contribution in [3.8, 4) is 0 Å². The first-order valence-corrected chi connectivity index (χ1v) is 9.45. The lowest BCUT2D eigenvalue weighted by molar-refractivity contribution is -0.130. The van der Waals surface area contributed by atoms with E-state index < -0.39 is 5.97 Å². The number of amides is 2. The molecule has 0 unspecified atom stereocenters. The lowest BCUT2D eigenvalue weighted by Crippen LogP contribution is -2.37. The topological polar surface area (TPSA) is 75.7 Å². The molecule has 6 heteroatoms. The molecule has 0 bridgehead atoms. The first kappa shape index (κ1) is 21.9. The highest BCUT2D eigenvalue weighted by atomic mass is 16.5. The Balaban J connectivity index is 2.01. The average molecular weight is 394 g/mol. The number of hydrogen-bond donors (Lipinski definition) is 1. The summed E-state index contributed by atoms with van der Waals surface area (Å²) in [6, 6.07) is 14.2. The average Bonchev–Trinajstić information content (AvgIpc) is 2.73. The van der Waals surface area contributed by atoms with E-state index in [1.807, 2.05) is 38.1 Å². The molecular formula is C23H26N2O4. The maximum Gasteiger partial charge on any atom is 0.337 e. The number of nitrogens with zero attached hydrogens (tertiary/aromatic N) is 1. The van der Waals surface area contributed by atoms with Gasteiger partial charge >= 0.3 is 5.97 Å². The van der Waals surface area contributed by atoms with Crippen LogP contribution in [0.2, 0.25) is 0 Å². The van der Waals surface area contributed by atoms with E-state index in [-0.39, 0.29) is 18.4 Å². The number of nitrogens with one attached hydrogen (secondary N) is 1. The van der Waals surface area contributed by atoms with Crippen molar-refractivity contribution >= 4 is 29.5 Å². The fourth-order valence-corrected chi connectivity index (χ4v) is 2.73. The molecule has 0 aliphatic heterocycles. The van der Waals surface area contributed by atoms with E-state index in [0.717, 1.165) is 23.2 Å². The molecule has 152 valence electrons. The summed E-state index contributed by atoms with van der Waals surface area (Å²) in [7, 11) is 1.33. The Hall–Kier alpha value is -3.41. The molecule has 2 amide bonds. The molecule has 0 fully saturated rings. The van der Waals surface area contributed by atoms with Crippen LogP contribution in [0.5, 0.6) is 0 Å². The zero-order valence-electron chi connectivity index (χ0n) is 17.0. The molecule has 6 nitrogen and oxygen atoms in total. The number of carbonyl (C=O) groups excluding carboxylic acids is 3. The van der Waals surface area contributed by atoms with Gasteiger partial charge in [-0.2, -0.15) is 0 Å². The third-order valence-electron chi connectivity index (χ3n) is 4.31. The number of carbonyl (C=O) groups is 3. The molecule has 2 aromatic rings. The van der Waals surface area contributed by atoms with E-state index in [1.165, 1.54) is 18.1 Å². The minimum Gasteiger partial charge on any atom is -0.465 e. The van der Waals surface area contributed by atoms with Gasteiger partial charge in [0.15, 0.2) is 0 Å². The number of hydrogen-bond acceptors (Lipinski definition) is 4. The summed E-state index contributed by atoms with van der Waals surface area (Å²) in [4.78, 5) is 37.9. The monoisotopic (exact) mass is 394 g/mol. The number of esters is 1. The smallest absolute Gasteiger partial charge is 0.337 e. The number of anilines is 1. The second kappa shape index (κ2) is 10.8. The molecule has 0 radical (unpaired) electrons. The van der Waals surface area contributed by atoms with Gasteiger partial charge in [0.1, 0.15) is 6.54 Å². The van der Waals surface area contributed by atoms with Crippen molar-refractivity contribution in [1.29, 1.82) is 0 Å². The first-order valence-electron chi connectivity index (χ1n) is 9.45. The van der Waals surface area contributed by atoms with E-state index in [9.17, 15) is 14.4 Å². The minimum absolute atomic E-state index is 0.0212. The summed E-state index contributed by atoms with van der Waals surface area (Å²) in [6.45, 7) is 4.33. The molecule has 0 spiro atoms. The van der Waals surface area contributed by atoms with E-state index >= 15 is 0 Å². The van der Waals surface area contributed by atoms with Crippen LogP contribution in [-0.4, -0.2) is 42.9 Å². The molecule has 2 rings (SSSR count). The minimum atomic E-state index is -0.412. The first-order chi connectivity index (χ1) is 13.9. The van der Waals surface area contributed by atoms with E-state index in [1.54, 1.807) is 30.3 Å². The third kappa shape index (κ3) is 6.60. The van der Waals surface area contributed by atoms with Crippen molar-refractivity contribution in [2.45, 2.75) is 20.3 Å². The second-order valence-corrected chi connectivity index (χ2v) is 6.57. The van der Waals surface area contributed by atoms with Gasteiger partial charge in [-0.25, -0.2) is 4.79 Å². The van der Waals surface area contributed by atoms with Crippen LogP contribution in [-0.2, 0) is 14.3 Å². The zero-order valence-corrected chi connectivity index (χ0v) is 17.0. The Labute approximate surface area is 171 Å². The van der Waals surface area contributed by atoms with Gasteiger partial charge in [-0.3, -0.25) is 9.59 Å². The number of aryl methyl sites for hydroxylation is 1. The number of methoxy groups -OCH3 is 1. The van der Waals surface area contributed by atoms with Crippen molar-refractivity contribution in [2.75, 3.05) is 25.5 Å². The van der Waals surface area contributed by atoms with Crippen LogP contribution in [0.1, 0.15) is 34.8 Å². The van der Waals surface area contributed by atoms with Gasteiger partial charge in [-0.05, 0) is 48.7 Å².